The monoisotopic (exact) mass is 582 g/mol. The first kappa shape index (κ1) is 29.2. The second kappa shape index (κ2) is 13.0. The molecule has 3 aromatic rings. The zero-order valence-corrected chi connectivity index (χ0v) is 24.4. The topological polar surface area (TPSA) is 88.4 Å². The molecule has 8 nitrogen and oxygen atoms in total. The number of halogens is 1. The number of carbonyl (C=O) groups excluding carboxylic acids is 1. The maximum Gasteiger partial charge on any atom is 0.338 e. The van der Waals surface area contributed by atoms with Gasteiger partial charge in [0.2, 0.25) is 0 Å². The molecule has 0 bridgehead atoms. The van der Waals surface area contributed by atoms with E-state index in [2.05, 4.69) is 6.58 Å². The molecular weight excluding hydrogens is 552 g/mol. The Morgan fingerprint density at radius 1 is 1.12 bits per heavy atom. The smallest absolute Gasteiger partial charge is 0.338 e. The minimum atomic E-state index is -0.836. The molecule has 0 unspecified atom stereocenters. The molecule has 2 heterocycles. The van der Waals surface area contributed by atoms with Crippen molar-refractivity contribution < 1.29 is 23.7 Å². The lowest BCUT2D eigenvalue weighted by atomic mass is 9.93. The molecule has 1 atom stereocenters. The number of thiazole rings is 1. The van der Waals surface area contributed by atoms with Crippen LogP contribution in [0.2, 0.25) is 5.02 Å². The average molecular weight is 583 g/mol. The maximum absolute atomic E-state index is 14.0. The Bertz CT molecular complexity index is 1640. The van der Waals surface area contributed by atoms with Gasteiger partial charge in [0.1, 0.15) is 18.4 Å². The van der Waals surface area contributed by atoms with E-state index >= 15 is 0 Å². The molecule has 1 aliphatic heterocycles. The molecule has 2 aromatic carbocycles. The molecule has 210 valence electrons. The highest BCUT2D eigenvalue weighted by molar-refractivity contribution is 7.07. The summed E-state index contributed by atoms with van der Waals surface area (Å²) in [6, 6.07) is 9.70. The van der Waals surface area contributed by atoms with Crippen molar-refractivity contribution >= 4 is 35.0 Å². The van der Waals surface area contributed by atoms with Gasteiger partial charge in [-0.2, -0.15) is 0 Å². The van der Waals surface area contributed by atoms with E-state index in [4.69, 9.17) is 35.5 Å². The van der Waals surface area contributed by atoms with Gasteiger partial charge in [0, 0.05) is 10.6 Å². The minimum absolute atomic E-state index is 0.180. The Morgan fingerprint density at radius 2 is 1.88 bits per heavy atom. The number of carbonyl (C=O) groups is 1. The van der Waals surface area contributed by atoms with E-state index in [0.29, 0.717) is 61.5 Å². The second-order valence-corrected chi connectivity index (χ2v) is 10.3. The van der Waals surface area contributed by atoms with Gasteiger partial charge in [-0.3, -0.25) is 9.36 Å². The molecule has 10 heteroatoms. The van der Waals surface area contributed by atoms with E-state index in [0.717, 1.165) is 12.0 Å². The van der Waals surface area contributed by atoms with E-state index in [1.165, 1.54) is 23.0 Å². The number of esters is 1. The SMILES string of the molecule is C=CCOc1ccc(/C=c2/sc3n(c2=O)[C@H](c2cc(Cl)ccc2OC)C(C(=O)OCC)=C(CCC)N=3)cc1OC. The van der Waals surface area contributed by atoms with Crippen LogP contribution in [0.5, 0.6) is 17.2 Å². The molecule has 0 spiro atoms. The molecule has 0 aliphatic carbocycles. The highest BCUT2D eigenvalue weighted by Gasteiger charge is 2.36. The fraction of sp³-hybridized carbons (Fsp3) is 0.300. The van der Waals surface area contributed by atoms with Gasteiger partial charge in [-0.1, -0.05) is 55.0 Å². The lowest BCUT2D eigenvalue weighted by molar-refractivity contribution is -0.139. The first-order valence-electron chi connectivity index (χ1n) is 12.8. The number of allylic oxidation sites excluding steroid dienone is 1. The van der Waals surface area contributed by atoms with Crippen LogP contribution in [0.15, 0.2) is 70.1 Å². The zero-order valence-electron chi connectivity index (χ0n) is 22.9. The summed E-state index contributed by atoms with van der Waals surface area (Å²) in [6.45, 7) is 7.93. The van der Waals surface area contributed by atoms with Crippen molar-refractivity contribution in [3.8, 4) is 17.2 Å². The predicted octanol–water partition coefficient (Wildman–Crippen LogP) is 4.81. The molecule has 0 radical (unpaired) electrons. The van der Waals surface area contributed by atoms with E-state index in [1.807, 2.05) is 13.0 Å². The van der Waals surface area contributed by atoms with Crippen LogP contribution in [0.25, 0.3) is 6.08 Å². The highest BCUT2D eigenvalue weighted by atomic mass is 35.5. The molecule has 0 fully saturated rings. The quantitative estimate of drug-likeness (QED) is 0.238. The van der Waals surface area contributed by atoms with Crippen molar-refractivity contribution in [1.82, 2.24) is 4.57 Å². The molecule has 40 heavy (non-hydrogen) atoms. The lowest BCUT2D eigenvalue weighted by Gasteiger charge is -2.27. The Morgan fingerprint density at radius 3 is 2.55 bits per heavy atom. The summed E-state index contributed by atoms with van der Waals surface area (Å²) in [7, 11) is 3.09. The van der Waals surface area contributed by atoms with Crippen LogP contribution in [0.3, 0.4) is 0 Å². The van der Waals surface area contributed by atoms with Crippen molar-refractivity contribution in [2.45, 2.75) is 32.7 Å². The Kier molecular flexibility index (Phi) is 9.50. The van der Waals surface area contributed by atoms with E-state index in [-0.39, 0.29) is 12.2 Å². The number of benzene rings is 2. The number of methoxy groups -OCH3 is 2. The predicted molar refractivity (Wildman–Crippen MR) is 156 cm³/mol. The molecule has 0 saturated heterocycles. The Balaban J connectivity index is 1.97. The number of aromatic nitrogens is 1. The Hall–Kier alpha value is -3.82. The fourth-order valence-electron chi connectivity index (χ4n) is 4.53. The third kappa shape index (κ3) is 5.85. The first-order valence-corrected chi connectivity index (χ1v) is 14.0. The van der Waals surface area contributed by atoms with Gasteiger partial charge in [-0.15, -0.1) is 0 Å². The summed E-state index contributed by atoms with van der Waals surface area (Å²) in [5.74, 6) is 1.05. The van der Waals surface area contributed by atoms with Crippen LogP contribution >= 0.6 is 22.9 Å². The first-order chi connectivity index (χ1) is 19.4. The summed E-state index contributed by atoms with van der Waals surface area (Å²) < 4.78 is 24.2. The van der Waals surface area contributed by atoms with Crippen molar-refractivity contribution in [2.75, 3.05) is 27.4 Å². The molecule has 0 N–H and O–H groups in total. The molecule has 0 saturated carbocycles. The molecule has 1 aromatic heterocycles. The van der Waals surface area contributed by atoms with Crippen molar-refractivity contribution in [2.24, 2.45) is 4.99 Å². The number of rotatable bonds is 11. The van der Waals surface area contributed by atoms with Crippen LogP contribution in [-0.2, 0) is 9.53 Å². The number of ether oxygens (including phenoxy) is 4. The van der Waals surface area contributed by atoms with Gasteiger partial charge < -0.3 is 18.9 Å². The number of hydrogen-bond acceptors (Lipinski definition) is 8. The van der Waals surface area contributed by atoms with Gasteiger partial charge in [-0.05, 0) is 55.3 Å². The summed E-state index contributed by atoms with van der Waals surface area (Å²) in [5, 5.41) is 0.445. The minimum Gasteiger partial charge on any atom is -0.496 e. The normalized spacial score (nSPS) is 14.8. The molecule has 0 amide bonds. The van der Waals surface area contributed by atoms with Crippen LogP contribution < -0.4 is 29.1 Å². The largest absolute Gasteiger partial charge is 0.496 e. The van der Waals surface area contributed by atoms with Gasteiger partial charge in [0.15, 0.2) is 16.3 Å². The maximum atomic E-state index is 14.0. The highest BCUT2D eigenvalue weighted by Crippen LogP contribution is 2.38. The summed E-state index contributed by atoms with van der Waals surface area (Å²) in [5.41, 5.74) is 1.88. The van der Waals surface area contributed by atoms with Crippen molar-refractivity contribution in [3.63, 3.8) is 0 Å². The molecule has 1 aliphatic rings. The van der Waals surface area contributed by atoms with E-state index < -0.39 is 12.0 Å². The van der Waals surface area contributed by atoms with Gasteiger partial charge in [0.05, 0.1) is 36.6 Å². The van der Waals surface area contributed by atoms with Gasteiger partial charge >= 0.3 is 5.97 Å². The second-order valence-electron chi connectivity index (χ2n) is 8.81. The van der Waals surface area contributed by atoms with Crippen LogP contribution in [-0.4, -0.2) is 38.0 Å². The standard InChI is InChI=1S/C30H31ClN2O6S/c1-6-9-21-26(29(35)38-8-3)27(20-17-19(31)11-13-22(20)36-4)33-28(34)25(40-30(33)32-21)16-18-10-12-23(39-14-7-2)24(15-18)37-5/h7,10-13,15-17,27H,2,6,8-9,14H2,1,3-5H3/b25-16+/t27-/m1/s1. The van der Waals surface area contributed by atoms with Gasteiger partial charge in [0.25, 0.3) is 5.56 Å². The molecular formula is C30H31ClN2O6S. The number of nitrogens with zero attached hydrogens (tertiary/aromatic N) is 2. The van der Waals surface area contributed by atoms with Gasteiger partial charge in [-0.25, -0.2) is 9.79 Å². The van der Waals surface area contributed by atoms with Crippen LogP contribution in [0, 0.1) is 0 Å². The van der Waals surface area contributed by atoms with E-state index in [1.54, 1.807) is 56.5 Å². The van der Waals surface area contributed by atoms with E-state index in [9.17, 15) is 9.59 Å². The fourth-order valence-corrected chi connectivity index (χ4v) is 5.73. The summed E-state index contributed by atoms with van der Waals surface area (Å²) >= 11 is 7.65. The van der Waals surface area contributed by atoms with Crippen LogP contribution in [0.4, 0.5) is 0 Å². The average Bonchev–Trinajstić information content (AvgIpc) is 3.25. The number of hydrogen-bond donors (Lipinski definition) is 0. The van der Waals surface area contributed by atoms with Crippen molar-refractivity contribution in [1.29, 1.82) is 0 Å². The third-order valence-corrected chi connectivity index (χ3v) is 7.44. The van der Waals surface area contributed by atoms with Crippen molar-refractivity contribution in [3.05, 3.63) is 96.2 Å². The third-order valence-electron chi connectivity index (χ3n) is 6.22. The summed E-state index contributed by atoms with van der Waals surface area (Å²) in [6.07, 6.45) is 4.69. The van der Waals surface area contributed by atoms with Crippen LogP contribution in [0.1, 0.15) is 43.9 Å². The summed E-state index contributed by atoms with van der Waals surface area (Å²) in [4.78, 5) is 32.6. The zero-order chi connectivity index (χ0) is 28.8. The lowest BCUT2D eigenvalue weighted by Crippen LogP contribution is -2.40. The number of fused-ring (bicyclic) bond motifs is 1. The Labute approximate surface area is 241 Å². The molecule has 4 rings (SSSR count).